The van der Waals surface area contributed by atoms with Gasteiger partial charge in [0.2, 0.25) is 17.7 Å². The fourth-order valence-electron chi connectivity index (χ4n) is 3.74. The molecule has 7 nitrogen and oxygen atoms in total. The number of carbonyl (C=O) groups excluding carboxylic acids is 2. The summed E-state index contributed by atoms with van der Waals surface area (Å²) in [5, 5.41) is 2.90. The van der Waals surface area contributed by atoms with E-state index in [1.165, 1.54) is 0 Å². The molecule has 1 N–H and O–H groups in total. The molecule has 1 aliphatic heterocycles. The lowest BCUT2D eigenvalue weighted by atomic mass is 9.92. The molecule has 0 bridgehead atoms. The van der Waals surface area contributed by atoms with E-state index in [4.69, 9.17) is 9.15 Å². The fourth-order valence-corrected chi connectivity index (χ4v) is 3.74. The number of hydrogen-bond acceptors (Lipinski definition) is 5. The molecule has 1 aromatic heterocycles. The number of ether oxygens (including phenoxy) is 1. The van der Waals surface area contributed by atoms with Crippen molar-refractivity contribution in [3.05, 3.63) is 47.2 Å². The summed E-state index contributed by atoms with van der Waals surface area (Å²) in [6.07, 6.45) is 2.09. The number of benzene rings is 1. The first-order valence-corrected chi connectivity index (χ1v) is 10.1. The molecule has 3 rings (SSSR count). The van der Waals surface area contributed by atoms with Crippen LogP contribution in [0.4, 0.5) is 0 Å². The molecule has 2 unspecified atom stereocenters. The number of aryl methyl sites for hydroxylation is 2. The van der Waals surface area contributed by atoms with Gasteiger partial charge in [0.15, 0.2) is 0 Å². The van der Waals surface area contributed by atoms with Crippen LogP contribution < -0.4 is 10.1 Å². The van der Waals surface area contributed by atoms with Crippen molar-refractivity contribution < 1.29 is 18.7 Å². The molecule has 2 heterocycles. The minimum atomic E-state index is -0.454. The molecule has 156 valence electrons. The van der Waals surface area contributed by atoms with Crippen LogP contribution in [0, 0.1) is 19.8 Å². The van der Waals surface area contributed by atoms with Gasteiger partial charge in [0.05, 0.1) is 31.3 Å². The van der Waals surface area contributed by atoms with E-state index in [0.29, 0.717) is 12.4 Å². The standard InChI is InChI=1S/C22H29N3O4/c1-5-6-11-25-20(26)12-18(21(25)16-7-9-17(28-4)10-8-16)22(27)23-13-19-24-14(2)15(3)29-19/h7-10,18,21H,5-6,11-13H2,1-4H3,(H,23,27). The highest BCUT2D eigenvalue weighted by molar-refractivity contribution is 5.90. The van der Waals surface area contributed by atoms with E-state index in [2.05, 4.69) is 17.2 Å². The van der Waals surface area contributed by atoms with Crippen molar-refractivity contribution in [3.8, 4) is 5.75 Å². The summed E-state index contributed by atoms with van der Waals surface area (Å²) in [6.45, 7) is 6.66. The Hall–Kier alpha value is -2.83. The lowest BCUT2D eigenvalue weighted by Gasteiger charge is -2.28. The second-order valence-electron chi connectivity index (χ2n) is 7.44. The molecular weight excluding hydrogens is 370 g/mol. The molecule has 0 aliphatic carbocycles. The Bertz CT molecular complexity index is 840. The lowest BCUT2D eigenvalue weighted by molar-refractivity contribution is -0.129. The van der Waals surface area contributed by atoms with Gasteiger partial charge in [-0.05, 0) is 38.0 Å². The van der Waals surface area contributed by atoms with Crippen LogP contribution in [0.15, 0.2) is 28.7 Å². The minimum absolute atomic E-state index is 0.0160. The molecule has 1 aromatic carbocycles. The Morgan fingerprint density at radius 1 is 1.31 bits per heavy atom. The van der Waals surface area contributed by atoms with Gasteiger partial charge in [-0.25, -0.2) is 4.98 Å². The first-order valence-electron chi connectivity index (χ1n) is 10.1. The molecule has 0 saturated carbocycles. The fraction of sp³-hybridized carbons (Fsp3) is 0.500. The molecule has 1 aliphatic rings. The Balaban J connectivity index is 1.79. The second-order valence-corrected chi connectivity index (χ2v) is 7.44. The molecule has 0 spiro atoms. The van der Waals surface area contributed by atoms with Gasteiger partial charge in [0.25, 0.3) is 0 Å². The number of amides is 2. The van der Waals surface area contributed by atoms with Gasteiger partial charge in [0.1, 0.15) is 11.5 Å². The zero-order valence-corrected chi connectivity index (χ0v) is 17.5. The molecule has 1 saturated heterocycles. The molecule has 29 heavy (non-hydrogen) atoms. The second kappa shape index (κ2) is 9.11. The third-order valence-corrected chi connectivity index (χ3v) is 5.47. The largest absolute Gasteiger partial charge is 0.497 e. The van der Waals surface area contributed by atoms with Crippen LogP contribution in [-0.4, -0.2) is 35.4 Å². The molecule has 7 heteroatoms. The highest BCUT2D eigenvalue weighted by Crippen LogP contribution is 2.39. The van der Waals surface area contributed by atoms with Gasteiger partial charge >= 0.3 is 0 Å². The quantitative estimate of drug-likeness (QED) is 0.736. The number of oxazole rings is 1. The first kappa shape index (κ1) is 20.9. The maximum Gasteiger partial charge on any atom is 0.226 e. The summed E-state index contributed by atoms with van der Waals surface area (Å²) in [5.41, 5.74) is 1.75. The van der Waals surface area contributed by atoms with Crippen molar-refractivity contribution in [1.82, 2.24) is 15.2 Å². The predicted molar refractivity (Wildman–Crippen MR) is 108 cm³/mol. The normalized spacial score (nSPS) is 18.9. The summed E-state index contributed by atoms with van der Waals surface area (Å²) in [7, 11) is 1.62. The van der Waals surface area contributed by atoms with Crippen LogP contribution in [0.1, 0.15) is 55.1 Å². The van der Waals surface area contributed by atoms with Crippen LogP contribution in [0.5, 0.6) is 5.75 Å². The zero-order valence-electron chi connectivity index (χ0n) is 17.5. The van der Waals surface area contributed by atoms with Crippen molar-refractivity contribution in [2.45, 2.75) is 52.6 Å². The SMILES string of the molecule is CCCCN1C(=O)CC(C(=O)NCc2nc(C)c(C)o2)C1c1ccc(OC)cc1. The van der Waals surface area contributed by atoms with E-state index < -0.39 is 5.92 Å². The van der Waals surface area contributed by atoms with Crippen molar-refractivity contribution in [2.24, 2.45) is 5.92 Å². The lowest BCUT2D eigenvalue weighted by Crippen LogP contribution is -2.35. The number of nitrogens with one attached hydrogen (secondary N) is 1. The minimum Gasteiger partial charge on any atom is -0.497 e. The molecule has 1 fully saturated rings. The Morgan fingerprint density at radius 3 is 2.62 bits per heavy atom. The third-order valence-electron chi connectivity index (χ3n) is 5.47. The predicted octanol–water partition coefficient (Wildman–Crippen LogP) is 3.31. The topological polar surface area (TPSA) is 84.7 Å². The van der Waals surface area contributed by atoms with Crippen molar-refractivity contribution in [2.75, 3.05) is 13.7 Å². The van der Waals surface area contributed by atoms with Gasteiger partial charge in [0, 0.05) is 13.0 Å². The van der Waals surface area contributed by atoms with Crippen LogP contribution >= 0.6 is 0 Å². The van der Waals surface area contributed by atoms with E-state index in [9.17, 15) is 9.59 Å². The average molecular weight is 399 g/mol. The number of rotatable bonds is 8. The monoisotopic (exact) mass is 399 g/mol. The van der Waals surface area contributed by atoms with Crippen LogP contribution in [0.25, 0.3) is 0 Å². The highest BCUT2D eigenvalue weighted by Gasteiger charge is 2.44. The van der Waals surface area contributed by atoms with E-state index in [-0.39, 0.29) is 30.8 Å². The summed E-state index contributed by atoms with van der Waals surface area (Å²) in [4.78, 5) is 31.9. The van der Waals surface area contributed by atoms with E-state index >= 15 is 0 Å². The van der Waals surface area contributed by atoms with Crippen molar-refractivity contribution >= 4 is 11.8 Å². The van der Waals surface area contributed by atoms with Gasteiger partial charge in [-0.15, -0.1) is 0 Å². The van der Waals surface area contributed by atoms with Crippen LogP contribution in [0.2, 0.25) is 0 Å². The van der Waals surface area contributed by atoms with Gasteiger partial charge in [-0.3, -0.25) is 9.59 Å². The zero-order chi connectivity index (χ0) is 21.0. The summed E-state index contributed by atoms with van der Waals surface area (Å²) >= 11 is 0. The third kappa shape index (κ3) is 4.60. The number of carbonyl (C=O) groups is 2. The Labute approximate surface area is 171 Å². The highest BCUT2D eigenvalue weighted by atomic mass is 16.5. The van der Waals surface area contributed by atoms with E-state index in [1.807, 2.05) is 43.0 Å². The molecule has 0 radical (unpaired) electrons. The summed E-state index contributed by atoms with van der Waals surface area (Å²) in [5.74, 6) is 1.36. The smallest absolute Gasteiger partial charge is 0.226 e. The van der Waals surface area contributed by atoms with Gasteiger partial charge in [-0.2, -0.15) is 0 Å². The van der Waals surface area contributed by atoms with E-state index in [1.54, 1.807) is 7.11 Å². The number of hydrogen-bond donors (Lipinski definition) is 1. The Kier molecular flexibility index (Phi) is 6.56. The maximum atomic E-state index is 13.0. The number of aromatic nitrogens is 1. The van der Waals surface area contributed by atoms with Crippen molar-refractivity contribution in [1.29, 1.82) is 0 Å². The number of likely N-dealkylation sites (tertiary alicyclic amines) is 1. The van der Waals surface area contributed by atoms with Crippen LogP contribution in [-0.2, 0) is 16.1 Å². The van der Waals surface area contributed by atoms with E-state index in [0.717, 1.165) is 35.6 Å². The van der Waals surface area contributed by atoms with Gasteiger partial charge < -0.3 is 19.4 Å². The summed E-state index contributed by atoms with van der Waals surface area (Å²) < 4.78 is 10.8. The first-order chi connectivity index (χ1) is 13.9. The number of methoxy groups -OCH3 is 1. The van der Waals surface area contributed by atoms with Crippen LogP contribution in [0.3, 0.4) is 0 Å². The molecule has 2 aromatic rings. The number of unbranched alkanes of at least 4 members (excludes halogenated alkanes) is 1. The molecule has 2 amide bonds. The summed E-state index contributed by atoms with van der Waals surface area (Å²) in [6, 6.07) is 7.31. The number of nitrogens with zero attached hydrogens (tertiary/aromatic N) is 2. The average Bonchev–Trinajstić information content (AvgIpc) is 3.23. The maximum absolute atomic E-state index is 13.0. The molecule has 2 atom stereocenters. The molecular formula is C22H29N3O4. The van der Waals surface area contributed by atoms with Crippen molar-refractivity contribution in [3.63, 3.8) is 0 Å². The van der Waals surface area contributed by atoms with Gasteiger partial charge in [-0.1, -0.05) is 25.5 Å². The Morgan fingerprint density at radius 2 is 2.03 bits per heavy atom.